The fraction of sp³-hybridized carbons (Fsp3) is 0.400. The van der Waals surface area contributed by atoms with Crippen LogP contribution in [0.1, 0.15) is 5.56 Å². The van der Waals surface area contributed by atoms with Gasteiger partial charge in [-0.1, -0.05) is 35.9 Å². The molecule has 6 heteroatoms. The zero-order chi connectivity index (χ0) is 18.4. The summed E-state index contributed by atoms with van der Waals surface area (Å²) in [6.07, 6.45) is -0.624. The number of aliphatic hydroxyl groups is 1. The van der Waals surface area contributed by atoms with Crippen molar-refractivity contribution in [1.29, 1.82) is 0 Å². The Morgan fingerprint density at radius 1 is 1.19 bits per heavy atom. The first-order valence-electron chi connectivity index (χ1n) is 8.67. The maximum atomic E-state index is 10.2. The van der Waals surface area contributed by atoms with Crippen LogP contribution >= 0.6 is 11.6 Å². The first-order valence-corrected chi connectivity index (χ1v) is 9.05. The summed E-state index contributed by atoms with van der Waals surface area (Å²) in [5, 5.41) is 10.9. The fourth-order valence-corrected chi connectivity index (χ4v) is 3.01. The second-order valence-electron chi connectivity index (χ2n) is 6.51. The van der Waals surface area contributed by atoms with Gasteiger partial charge < -0.3 is 19.3 Å². The molecule has 0 bridgehead atoms. The van der Waals surface area contributed by atoms with Crippen LogP contribution < -0.4 is 9.47 Å². The number of hydrogen-bond acceptors (Lipinski definition) is 5. The van der Waals surface area contributed by atoms with Crippen LogP contribution in [-0.2, 0) is 11.3 Å². The van der Waals surface area contributed by atoms with Crippen molar-refractivity contribution in [1.82, 2.24) is 4.90 Å². The lowest BCUT2D eigenvalue weighted by Gasteiger charge is -2.30. The topological polar surface area (TPSA) is 51.2 Å². The Morgan fingerprint density at radius 3 is 2.69 bits per heavy atom. The number of ether oxygens (including phenoxy) is 3. The Balaban J connectivity index is 1.36. The van der Waals surface area contributed by atoms with E-state index in [1.165, 1.54) is 0 Å². The molecule has 140 valence electrons. The van der Waals surface area contributed by atoms with Crippen molar-refractivity contribution >= 4 is 11.6 Å². The molecular weight excluding hydrogens is 354 g/mol. The Morgan fingerprint density at radius 2 is 1.92 bits per heavy atom. The Bertz CT molecular complexity index is 694. The van der Waals surface area contributed by atoms with Crippen LogP contribution in [0.25, 0.3) is 0 Å². The second kappa shape index (κ2) is 9.24. The maximum Gasteiger partial charge on any atom is 0.161 e. The molecule has 0 radical (unpaired) electrons. The van der Waals surface area contributed by atoms with Crippen molar-refractivity contribution in [3.05, 3.63) is 59.1 Å². The van der Waals surface area contributed by atoms with Gasteiger partial charge in [0.05, 0.1) is 19.3 Å². The minimum absolute atomic E-state index is 0.0583. The molecule has 1 heterocycles. The van der Waals surface area contributed by atoms with Crippen LogP contribution in [0.3, 0.4) is 0 Å². The highest BCUT2D eigenvalue weighted by Crippen LogP contribution is 2.30. The maximum absolute atomic E-state index is 10.2. The molecule has 26 heavy (non-hydrogen) atoms. The molecule has 0 amide bonds. The number of hydrogen-bond donors (Lipinski definition) is 1. The molecular formula is C20H24ClNO4. The highest BCUT2D eigenvalue weighted by Gasteiger charge is 2.22. The van der Waals surface area contributed by atoms with Gasteiger partial charge in [0.15, 0.2) is 11.5 Å². The van der Waals surface area contributed by atoms with E-state index in [9.17, 15) is 5.11 Å². The second-order valence-corrected chi connectivity index (χ2v) is 6.95. The molecule has 0 aromatic heterocycles. The molecule has 1 aliphatic heterocycles. The zero-order valence-corrected chi connectivity index (χ0v) is 15.6. The minimum atomic E-state index is -0.566. The number of fused-ring (bicyclic) bond motifs is 1. The van der Waals surface area contributed by atoms with E-state index in [1.54, 1.807) is 0 Å². The standard InChI is InChI=1S/C20H24ClNO4/c1-22(11-18-14-25-19-4-2-3-5-20(19)26-18)10-17(23)13-24-12-15-6-8-16(21)9-7-15/h2-9,17-18,23H,10-14H2,1H3. The summed E-state index contributed by atoms with van der Waals surface area (Å²) in [5.74, 6) is 1.55. The summed E-state index contributed by atoms with van der Waals surface area (Å²) >= 11 is 5.86. The van der Waals surface area contributed by atoms with Crippen molar-refractivity contribution in [3.63, 3.8) is 0 Å². The Labute approximate surface area is 159 Å². The summed E-state index contributed by atoms with van der Waals surface area (Å²) in [7, 11) is 1.95. The van der Waals surface area contributed by atoms with Gasteiger partial charge in [-0.2, -0.15) is 0 Å². The molecule has 2 atom stereocenters. The summed E-state index contributed by atoms with van der Waals surface area (Å²) in [4.78, 5) is 2.03. The SMILES string of the molecule is CN(CC(O)COCc1ccc(Cl)cc1)CC1COc2ccccc2O1. The zero-order valence-electron chi connectivity index (χ0n) is 14.8. The number of aliphatic hydroxyl groups excluding tert-OH is 1. The number of halogens is 1. The molecule has 0 saturated heterocycles. The molecule has 0 aliphatic carbocycles. The average Bonchev–Trinajstić information content (AvgIpc) is 2.63. The number of rotatable bonds is 8. The summed E-state index contributed by atoms with van der Waals surface area (Å²) in [5.41, 5.74) is 1.03. The average molecular weight is 378 g/mol. The van der Waals surface area contributed by atoms with E-state index >= 15 is 0 Å². The predicted octanol–water partition coefficient (Wildman–Crippen LogP) is 2.99. The quantitative estimate of drug-likeness (QED) is 0.766. The fourth-order valence-electron chi connectivity index (χ4n) is 2.88. The normalized spacial score (nSPS) is 17.3. The summed E-state index contributed by atoms with van der Waals surface area (Å²) in [6.45, 7) is 2.40. The van der Waals surface area contributed by atoms with Gasteiger partial charge in [-0.05, 0) is 36.9 Å². The molecule has 1 aliphatic rings. The van der Waals surface area contributed by atoms with E-state index in [0.717, 1.165) is 17.1 Å². The lowest BCUT2D eigenvalue weighted by atomic mass is 10.2. The minimum Gasteiger partial charge on any atom is -0.486 e. The summed E-state index contributed by atoms with van der Waals surface area (Å²) < 4.78 is 17.2. The first kappa shape index (κ1) is 19.0. The van der Waals surface area contributed by atoms with Gasteiger partial charge in [-0.25, -0.2) is 0 Å². The van der Waals surface area contributed by atoms with E-state index in [0.29, 0.717) is 31.3 Å². The third-order valence-corrected chi connectivity index (χ3v) is 4.35. The van der Waals surface area contributed by atoms with Gasteiger partial charge in [-0.3, -0.25) is 4.90 Å². The van der Waals surface area contributed by atoms with Crippen molar-refractivity contribution in [3.8, 4) is 11.5 Å². The van der Waals surface area contributed by atoms with Crippen LogP contribution in [-0.4, -0.2) is 55.6 Å². The van der Waals surface area contributed by atoms with Crippen LogP contribution in [0, 0.1) is 0 Å². The van der Waals surface area contributed by atoms with E-state index in [4.69, 9.17) is 25.8 Å². The molecule has 0 fully saturated rings. The van der Waals surface area contributed by atoms with E-state index in [1.807, 2.05) is 60.5 Å². The third-order valence-electron chi connectivity index (χ3n) is 4.10. The van der Waals surface area contributed by atoms with Crippen LogP contribution in [0.5, 0.6) is 11.5 Å². The molecule has 2 aromatic carbocycles. The Kier molecular flexibility index (Phi) is 6.74. The van der Waals surface area contributed by atoms with Crippen molar-refractivity contribution in [2.24, 2.45) is 0 Å². The molecule has 3 rings (SSSR count). The summed E-state index contributed by atoms with van der Waals surface area (Å²) in [6, 6.07) is 15.1. The monoisotopic (exact) mass is 377 g/mol. The molecule has 2 unspecified atom stereocenters. The number of benzene rings is 2. The van der Waals surface area contributed by atoms with E-state index < -0.39 is 6.10 Å². The molecule has 5 nitrogen and oxygen atoms in total. The smallest absolute Gasteiger partial charge is 0.161 e. The van der Waals surface area contributed by atoms with Crippen molar-refractivity contribution < 1.29 is 19.3 Å². The van der Waals surface area contributed by atoms with Gasteiger partial charge in [-0.15, -0.1) is 0 Å². The number of nitrogens with zero attached hydrogens (tertiary/aromatic N) is 1. The van der Waals surface area contributed by atoms with Gasteiger partial charge in [0.1, 0.15) is 12.7 Å². The van der Waals surface area contributed by atoms with Crippen molar-refractivity contribution in [2.75, 3.05) is 33.4 Å². The highest BCUT2D eigenvalue weighted by molar-refractivity contribution is 6.30. The lowest BCUT2D eigenvalue weighted by molar-refractivity contribution is 0.00295. The first-order chi connectivity index (χ1) is 12.6. The van der Waals surface area contributed by atoms with Crippen LogP contribution in [0.15, 0.2) is 48.5 Å². The number of likely N-dealkylation sites (N-methyl/N-ethyl adjacent to an activating group) is 1. The largest absolute Gasteiger partial charge is 0.486 e. The van der Waals surface area contributed by atoms with E-state index in [-0.39, 0.29) is 12.7 Å². The van der Waals surface area contributed by atoms with E-state index in [2.05, 4.69) is 0 Å². The van der Waals surface area contributed by atoms with Gasteiger partial charge >= 0.3 is 0 Å². The van der Waals surface area contributed by atoms with Crippen LogP contribution in [0.4, 0.5) is 0 Å². The molecule has 2 aromatic rings. The molecule has 1 N–H and O–H groups in total. The number of para-hydroxylation sites is 2. The predicted molar refractivity (Wildman–Crippen MR) is 101 cm³/mol. The van der Waals surface area contributed by atoms with Crippen LogP contribution in [0.2, 0.25) is 5.02 Å². The molecule has 0 saturated carbocycles. The van der Waals surface area contributed by atoms with Crippen molar-refractivity contribution in [2.45, 2.75) is 18.8 Å². The molecule has 0 spiro atoms. The Hall–Kier alpha value is -1.79. The third kappa shape index (κ3) is 5.61. The van der Waals surface area contributed by atoms with Gasteiger partial charge in [0.2, 0.25) is 0 Å². The van der Waals surface area contributed by atoms with Gasteiger partial charge in [0.25, 0.3) is 0 Å². The lowest BCUT2D eigenvalue weighted by Crippen LogP contribution is -2.42. The highest BCUT2D eigenvalue weighted by atomic mass is 35.5. The van der Waals surface area contributed by atoms with Gasteiger partial charge in [0, 0.05) is 18.1 Å².